The molecule has 96 valence electrons. The third-order valence-corrected chi connectivity index (χ3v) is 2.55. The number of anilines is 1. The quantitative estimate of drug-likeness (QED) is 0.852. The van der Waals surface area contributed by atoms with Gasteiger partial charge in [-0.3, -0.25) is 0 Å². The SMILES string of the molecule is CCOC(=O)c1oc(-c2ccccc2)c(C#N)c1N. The highest BCUT2D eigenvalue weighted by Crippen LogP contribution is 2.33. The molecule has 1 aromatic heterocycles. The highest BCUT2D eigenvalue weighted by Gasteiger charge is 2.24. The molecule has 5 nitrogen and oxygen atoms in total. The van der Waals surface area contributed by atoms with E-state index in [1.807, 2.05) is 12.1 Å². The van der Waals surface area contributed by atoms with Crippen molar-refractivity contribution >= 4 is 11.7 Å². The second-order valence-electron chi connectivity index (χ2n) is 3.75. The molecule has 1 heterocycles. The van der Waals surface area contributed by atoms with Gasteiger partial charge in [-0.2, -0.15) is 5.26 Å². The number of rotatable bonds is 3. The van der Waals surface area contributed by atoms with Crippen LogP contribution in [0.1, 0.15) is 23.0 Å². The summed E-state index contributed by atoms with van der Waals surface area (Å²) in [7, 11) is 0. The van der Waals surface area contributed by atoms with Crippen LogP contribution in [-0.2, 0) is 4.74 Å². The van der Waals surface area contributed by atoms with Gasteiger partial charge in [-0.05, 0) is 6.92 Å². The van der Waals surface area contributed by atoms with Crippen LogP contribution in [0.25, 0.3) is 11.3 Å². The lowest BCUT2D eigenvalue weighted by atomic mass is 10.1. The van der Waals surface area contributed by atoms with Gasteiger partial charge in [0.2, 0.25) is 5.76 Å². The normalized spacial score (nSPS) is 9.89. The van der Waals surface area contributed by atoms with Crippen LogP contribution < -0.4 is 5.73 Å². The molecule has 0 unspecified atom stereocenters. The molecule has 2 N–H and O–H groups in total. The Morgan fingerprint density at radius 1 is 1.42 bits per heavy atom. The van der Waals surface area contributed by atoms with E-state index in [0.717, 1.165) is 0 Å². The van der Waals surface area contributed by atoms with Crippen LogP contribution in [0.2, 0.25) is 0 Å². The van der Waals surface area contributed by atoms with Gasteiger partial charge in [0.25, 0.3) is 0 Å². The lowest BCUT2D eigenvalue weighted by Gasteiger charge is -1.98. The van der Waals surface area contributed by atoms with Crippen LogP contribution in [-0.4, -0.2) is 12.6 Å². The first-order valence-electron chi connectivity index (χ1n) is 5.74. The first-order valence-corrected chi connectivity index (χ1v) is 5.74. The van der Waals surface area contributed by atoms with Crippen molar-refractivity contribution in [1.82, 2.24) is 0 Å². The summed E-state index contributed by atoms with van der Waals surface area (Å²) in [6.45, 7) is 1.89. The highest BCUT2D eigenvalue weighted by molar-refractivity contribution is 5.95. The fraction of sp³-hybridized carbons (Fsp3) is 0.143. The minimum Gasteiger partial charge on any atom is -0.460 e. The number of benzene rings is 1. The van der Waals surface area contributed by atoms with Gasteiger partial charge in [-0.25, -0.2) is 4.79 Å². The summed E-state index contributed by atoms with van der Waals surface area (Å²) >= 11 is 0. The van der Waals surface area contributed by atoms with Gasteiger partial charge in [0.05, 0.1) is 6.61 Å². The Morgan fingerprint density at radius 3 is 2.68 bits per heavy atom. The predicted molar refractivity (Wildman–Crippen MR) is 69.2 cm³/mol. The van der Waals surface area contributed by atoms with Gasteiger partial charge < -0.3 is 14.9 Å². The topological polar surface area (TPSA) is 89.2 Å². The molecule has 19 heavy (non-hydrogen) atoms. The maximum Gasteiger partial charge on any atom is 0.376 e. The van der Waals surface area contributed by atoms with E-state index in [0.29, 0.717) is 5.56 Å². The number of nitrogens with two attached hydrogens (primary N) is 1. The van der Waals surface area contributed by atoms with E-state index in [1.54, 1.807) is 31.2 Å². The van der Waals surface area contributed by atoms with Gasteiger partial charge in [0, 0.05) is 5.56 Å². The molecule has 0 atom stereocenters. The van der Waals surface area contributed by atoms with Crippen LogP contribution in [0.3, 0.4) is 0 Å². The molecular weight excluding hydrogens is 244 g/mol. The Morgan fingerprint density at radius 2 is 2.11 bits per heavy atom. The fourth-order valence-corrected chi connectivity index (χ4v) is 1.70. The molecule has 0 aliphatic heterocycles. The Balaban J connectivity index is 2.55. The van der Waals surface area contributed by atoms with E-state index in [-0.39, 0.29) is 29.4 Å². The van der Waals surface area contributed by atoms with Crippen molar-refractivity contribution in [3.8, 4) is 17.4 Å². The first-order chi connectivity index (χ1) is 9.19. The average molecular weight is 256 g/mol. The van der Waals surface area contributed by atoms with Gasteiger partial charge in [-0.15, -0.1) is 0 Å². The number of nitrogens with zero attached hydrogens (tertiary/aromatic N) is 1. The van der Waals surface area contributed by atoms with E-state index in [1.165, 1.54) is 0 Å². The second-order valence-corrected chi connectivity index (χ2v) is 3.75. The van der Waals surface area contributed by atoms with Crippen LogP contribution in [0.5, 0.6) is 0 Å². The van der Waals surface area contributed by atoms with E-state index in [4.69, 9.17) is 20.1 Å². The minimum atomic E-state index is -0.668. The van der Waals surface area contributed by atoms with Crippen LogP contribution in [0, 0.1) is 11.3 Å². The second kappa shape index (κ2) is 5.27. The van der Waals surface area contributed by atoms with Crippen LogP contribution in [0.4, 0.5) is 5.69 Å². The summed E-state index contributed by atoms with van der Waals surface area (Å²) in [5.74, 6) is -0.514. The molecule has 0 aliphatic carbocycles. The average Bonchev–Trinajstić information content (AvgIpc) is 2.77. The molecule has 1 aromatic carbocycles. The third kappa shape index (κ3) is 2.29. The van der Waals surface area contributed by atoms with Crippen molar-refractivity contribution in [1.29, 1.82) is 5.26 Å². The molecule has 0 aliphatic rings. The Kier molecular flexibility index (Phi) is 3.53. The molecule has 5 heteroatoms. The number of hydrogen-bond acceptors (Lipinski definition) is 5. The Labute approximate surface area is 110 Å². The summed E-state index contributed by atoms with van der Waals surface area (Å²) in [5.41, 5.74) is 6.61. The number of nitriles is 1. The van der Waals surface area contributed by atoms with Crippen molar-refractivity contribution in [2.75, 3.05) is 12.3 Å². The summed E-state index contributed by atoms with van der Waals surface area (Å²) < 4.78 is 10.3. The number of hydrogen-bond donors (Lipinski definition) is 1. The van der Waals surface area contributed by atoms with Crippen molar-refractivity contribution in [2.45, 2.75) is 6.92 Å². The maximum atomic E-state index is 11.7. The molecule has 0 amide bonds. The number of ether oxygens (including phenoxy) is 1. The van der Waals surface area contributed by atoms with Gasteiger partial charge in [0.1, 0.15) is 17.3 Å². The number of esters is 1. The molecule has 0 saturated heterocycles. The third-order valence-electron chi connectivity index (χ3n) is 2.55. The summed E-state index contributed by atoms with van der Waals surface area (Å²) in [4.78, 5) is 11.7. The van der Waals surface area contributed by atoms with Crippen molar-refractivity contribution in [2.24, 2.45) is 0 Å². The minimum absolute atomic E-state index is 0.0137. The fourth-order valence-electron chi connectivity index (χ4n) is 1.70. The molecule has 0 fully saturated rings. The number of carbonyl (C=O) groups excluding carboxylic acids is 1. The molecule has 0 radical (unpaired) electrons. The van der Waals surface area contributed by atoms with Gasteiger partial charge >= 0.3 is 5.97 Å². The van der Waals surface area contributed by atoms with Gasteiger partial charge in [0.15, 0.2) is 5.76 Å². The van der Waals surface area contributed by atoms with E-state index >= 15 is 0 Å². The van der Waals surface area contributed by atoms with Crippen LogP contribution in [0.15, 0.2) is 34.7 Å². The number of carbonyl (C=O) groups is 1. The standard InChI is InChI=1S/C14H12N2O3/c1-2-18-14(17)13-11(16)10(8-15)12(19-13)9-6-4-3-5-7-9/h3-7H,2,16H2,1H3. The van der Waals surface area contributed by atoms with E-state index < -0.39 is 5.97 Å². The lowest BCUT2D eigenvalue weighted by Crippen LogP contribution is -2.06. The highest BCUT2D eigenvalue weighted by atomic mass is 16.5. The Bertz CT molecular complexity index is 639. The molecule has 0 saturated carbocycles. The zero-order valence-electron chi connectivity index (χ0n) is 10.3. The lowest BCUT2D eigenvalue weighted by molar-refractivity contribution is 0.0493. The molecule has 0 bridgehead atoms. The zero-order chi connectivity index (χ0) is 13.8. The molecule has 0 spiro atoms. The molecular formula is C14H12N2O3. The maximum absolute atomic E-state index is 11.7. The predicted octanol–water partition coefficient (Wildman–Crippen LogP) is 2.58. The van der Waals surface area contributed by atoms with Crippen molar-refractivity contribution in [3.05, 3.63) is 41.7 Å². The number of nitrogen functional groups attached to an aromatic ring is 1. The Hall–Kier alpha value is -2.74. The summed E-state index contributed by atoms with van der Waals surface area (Å²) in [6, 6.07) is 10.9. The van der Waals surface area contributed by atoms with Crippen LogP contribution >= 0.6 is 0 Å². The zero-order valence-corrected chi connectivity index (χ0v) is 10.3. The smallest absolute Gasteiger partial charge is 0.376 e. The van der Waals surface area contributed by atoms with Gasteiger partial charge in [-0.1, -0.05) is 30.3 Å². The number of furan rings is 1. The molecule has 2 aromatic rings. The van der Waals surface area contributed by atoms with E-state index in [2.05, 4.69) is 0 Å². The monoisotopic (exact) mass is 256 g/mol. The first kappa shape index (κ1) is 12.7. The summed E-state index contributed by atoms with van der Waals surface area (Å²) in [6.07, 6.45) is 0. The van der Waals surface area contributed by atoms with Crippen molar-refractivity contribution in [3.63, 3.8) is 0 Å². The largest absolute Gasteiger partial charge is 0.460 e. The van der Waals surface area contributed by atoms with E-state index in [9.17, 15) is 4.79 Å². The summed E-state index contributed by atoms with van der Waals surface area (Å²) in [5, 5.41) is 9.14. The molecule has 2 rings (SSSR count). The van der Waals surface area contributed by atoms with Crippen molar-refractivity contribution < 1.29 is 13.9 Å².